The number of hydrogen-bond donors (Lipinski definition) is 0. The molecule has 0 radical (unpaired) electrons. The van der Waals surface area contributed by atoms with Crippen molar-refractivity contribution in [2.75, 3.05) is 0 Å². The molecule has 0 saturated heterocycles. The Morgan fingerprint density at radius 3 is 1.92 bits per heavy atom. The van der Waals surface area contributed by atoms with Gasteiger partial charge in [-0.15, -0.1) is 0 Å². The van der Waals surface area contributed by atoms with E-state index in [-0.39, 0.29) is 5.91 Å². The Morgan fingerprint density at radius 2 is 1.35 bits per heavy atom. The topological polar surface area (TPSA) is 29.5 Å². The van der Waals surface area contributed by atoms with Crippen molar-refractivity contribution in [3.8, 4) is 5.75 Å². The second-order valence-electron chi connectivity index (χ2n) is 6.58. The standard InChI is InChI=1S/C23H21NO2/c25-23(22-15-20-13-7-8-14-21(20)26-22)24(16-18-9-3-1-4-10-18)17-19-11-5-2-6-12-19/h1-14,22H,15-17H2. The number of carbonyl (C=O) groups is 1. The molecule has 3 aromatic rings. The molecule has 1 amide bonds. The lowest BCUT2D eigenvalue weighted by Gasteiger charge is -2.25. The Balaban J connectivity index is 1.55. The van der Waals surface area contributed by atoms with E-state index < -0.39 is 6.10 Å². The lowest BCUT2D eigenvalue weighted by molar-refractivity contribution is -0.139. The summed E-state index contributed by atoms with van der Waals surface area (Å²) in [6.45, 7) is 1.15. The average molecular weight is 343 g/mol. The number of rotatable bonds is 5. The first-order chi connectivity index (χ1) is 12.8. The summed E-state index contributed by atoms with van der Waals surface area (Å²) in [5.74, 6) is 0.860. The Kier molecular flexibility index (Phi) is 4.69. The van der Waals surface area contributed by atoms with E-state index in [1.54, 1.807) is 0 Å². The van der Waals surface area contributed by atoms with Crippen molar-refractivity contribution in [1.82, 2.24) is 4.90 Å². The molecule has 0 bridgehead atoms. The van der Waals surface area contributed by atoms with Gasteiger partial charge in [0, 0.05) is 19.5 Å². The number of carbonyl (C=O) groups excluding carboxylic acids is 1. The molecule has 1 aliphatic heterocycles. The van der Waals surface area contributed by atoms with Crippen molar-refractivity contribution in [1.29, 1.82) is 0 Å². The second-order valence-corrected chi connectivity index (χ2v) is 6.58. The SMILES string of the molecule is O=C(C1Cc2ccccc2O1)N(Cc1ccccc1)Cc1ccccc1. The maximum absolute atomic E-state index is 13.2. The van der Waals surface area contributed by atoms with Crippen LogP contribution in [-0.4, -0.2) is 16.9 Å². The summed E-state index contributed by atoms with van der Waals surface area (Å²) in [4.78, 5) is 15.1. The van der Waals surface area contributed by atoms with Crippen LogP contribution in [-0.2, 0) is 24.3 Å². The van der Waals surface area contributed by atoms with Crippen LogP contribution in [0, 0.1) is 0 Å². The number of ether oxygens (including phenoxy) is 1. The summed E-state index contributed by atoms with van der Waals surface area (Å²) in [7, 11) is 0. The van der Waals surface area contributed by atoms with E-state index in [1.807, 2.05) is 65.6 Å². The van der Waals surface area contributed by atoms with Gasteiger partial charge in [0.2, 0.25) is 0 Å². The van der Waals surface area contributed by atoms with Gasteiger partial charge in [-0.1, -0.05) is 78.9 Å². The van der Waals surface area contributed by atoms with Gasteiger partial charge in [-0.3, -0.25) is 4.79 Å². The third-order valence-corrected chi connectivity index (χ3v) is 4.67. The summed E-state index contributed by atoms with van der Waals surface area (Å²) in [5, 5.41) is 0. The number of benzene rings is 3. The molecular weight excluding hydrogens is 322 g/mol. The summed E-state index contributed by atoms with van der Waals surface area (Å²) in [6, 6.07) is 28.1. The van der Waals surface area contributed by atoms with E-state index >= 15 is 0 Å². The molecule has 3 nitrogen and oxygen atoms in total. The molecule has 0 spiro atoms. The van der Waals surface area contributed by atoms with Crippen molar-refractivity contribution in [2.24, 2.45) is 0 Å². The fourth-order valence-corrected chi connectivity index (χ4v) is 3.34. The highest BCUT2D eigenvalue weighted by atomic mass is 16.5. The van der Waals surface area contributed by atoms with Gasteiger partial charge in [0.15, 0.2) is 6.10 Å². The van der Waals surface area contributed by atoms with Gasteiger partial charge >= 0.3 is 0 Å². The molecule has 0 fully saturated rings. The first kappa shape index (κ1) is 16.4. The van der Waals surface area contributed by atoms with Crippen LogP contribution in [0.15, 0.2) is 84.9 Å². The molecule has 3 heteroatoms. The normalized spacial score (nSPS) is 15.2. The molecule has 26 heavy (non-hydrogen) atoms. The van der Waals surface area contributed by atoms with E-state index in [0.717, 1.165) is 22.4 Å². The number of fused-ring (bicyclic) bond motifs is 1. The van der Waals surface area contributed by atoms with Crippen LogP contribution >= 0.6 is 0 Å². The quantitative estimate of drug-likeness (QED) is 0.694. The van der Waals surface area contributed by atoms with Crippen molar-refractivity contribution >= 4 is 5.91 Å². The zero-order chi connectivity index (χ0) is 17.8. The van der Waals surface area contributed by atoms with E-state index in [2.05, 4.69) is 24.3 Å². The molecule has 1 aliphatic rings. The van der Waals surface area contributed by atoms with Gasteiger partial charge in [-0.05, 0) is 22.8 Å². The molecule has 1 unspecified atom stereocenters. The van der Waals surface area contributed by atoms with Crippen LogP contribution in [0.2, 0.25) is 0 Å². The first-order valence-corrected chi connectivity index (χ1v) is 8.91. The summed E-state index contributed by atoms with van der Waals surface area (Å²) in [6.07, 6.45) is 0.189. The van der Waals surface area contributed by atoms with Crippen LogP contribution < -0.4 is 4.74 Å². The zero-order valence-corrected chi connectivity index (χ0v) is 14.5. The van der Waals surface area contributed by atoms with Gasteiger partial charge in [-0.25, -0.2) is 0 Å². The van der Waals surface area contributed by atoms with Crippen LogP contribution in [0.5, 0.6) is 5.75 Å². The summed E-state index contributed by atoms with van der Waals surface area (Å²) >= 11 is 0. The number of amides is 1. The van der Waals surface area contributed by atoms with Gasteiger partial charge in [-0.2, -0.15) is 0 Å². The van der Waals surface area contributed by atoms with Gasteiger partial charge < -0.3 is 9.64 Å². The third-order valence-electron chi connectivity index (χ3n) is 4.67. The molecule has 0 aliphatic carbocycles. The summed E-state index contributed by atoms with van der Waals surface area (Å²) in [5.41, 5.74) is 3.34. The van der Waals surface area contributed by atoms with Gasteiger partial charge in [0.1, 0.15) is 5.75 Å². The van der Waals surface area contributed by atoms with Crippen LogP contribution in [0.1, 0.15) is 16.7 Å². The molecule has 130 valence electrons. The lowest BCUT2D eigenvalue weighted by Crippen LogP contribution is -2.40. The maximum atomic E-state index is 13.2. The number of nitrogens with zero attached hydrogens (tertiary/aromatic N) is 1. The molecule has 4 rings (SSSR count). The maximum Gasteiger partial charge on any atom is 0.264 e. The van der Waals surface area contributed by atoms with Crippen LogP contribution in [0.25, 0.3) is 0 Å². The molecular formula is C23H21NO2. The molecule has 0 N–H and O–H groups in total. The summed E-state index contributed by atoms with van der Waals surface area (Å²) < 4.78 is 5.93. The minimum atomic E-state index is -0.445. The third kappa shape index (κ3) is 3.62. The van der Waals surface area contributed by atoms with Gasteiger partial charge in [0.05, 0.1) is 0 Å². The molecule has 0 saturated carbocycles. The lowest BCUT2D eigenvalue weighted by atomic mass is 10.1. The first-order valence-electron chi connectivity index (χ1n) is 8.91. The molecule has 0 aromatic heterocycles. The largest absolute Gasteiger partial charge is 0.480 e. The molecule has 1 heterocycles. The fourth-order valence-electron chi connectivity index (χ4n) is 3.34. The Labute approximate surface area is 153 Å². The van der Waals surface area contributed by atoms with E-state index in [1.165, 1.54) is 0 Å². The predicted molar refractivity (Wildman–Crippen MR) is 102 cm³/mol. The second kappa shape index (κ2) is 7.44. The van der Waals surface area contributed by atoms with E-state index in [9.17, 15) is 4.79 Å². The zero-order valence-electron chi connectivity index (χ0n) is 14.5. The number of para-hydroxylation sites is 1. The molecule has 1 atom stereocenters. The van der Waals surface area contributed by atoms with E-state index in [4.69, 9.17) is 4.74 Å². The number of hydrogen-bond acceptors (Lipinski definition) is 2. The smallest absolute Gasteiger partial charge is 0.264 e. The fraction of sp³-hybridized carbons (Fsp3) is 0.174. The highest BCUT2D eigenvalue weighted by Gasteiger charge is 2.32. The van der Waals surface area contributed by atoms with Gasteiger partial charge in [0.25, 0.3) is 5.91 Å². The monoisotopic (exact) mass is 343 g/mol. The van der Waals surface area contributed by atoms with Crippen molar-refractivity contribution in [2.45, 2.75) is 25.6 Å². The average Bonchev–Trinajstić information content (AvgIpc) is 3.13. The minimum absolute atomic E-state index is 0.0360. The van der Waals surface area contributed by atoms with Crippen molar-refractivity contribution in [3.63, 3.8) is 0 Å². The predicted octanol–water partition coefficient (Wildman–Crippen LogP) is 4.22. The minimum Gasteiger partial charge on any atom is -0.480 e. The Morgan fingerprint density at radius 1 is 0.808 bits per heavy atom. The Hall–Kier alpha value is -3.07. The highest BCUT2D eigenvalue weighted by Crippen LogP contribution is 2.29. The van der Waals surface area contributed by atoms with E-state index in [0.29, 0.717) is 19.5 Å². The van der Waals surface area contributed by atoms with Crippen LogP contribution in [0.3, 0.4) is 0 Å². The van der Waals surface area contributed by atoms with Crippen molar-refractivity contribution < 1.29 is 9.53 Å². The molecule has 3 aromatic carbocycles. The van der Waals surface area contributed by atoms with Crippen molar-refractivity contribution in [3.05, 3.63) is 102 Å². The Bertz CT molecular complexity index is 810. The van der Waals surface area contributed by atoms with Crippen LogP contribution in [0.4, 0.5) is 0 Å². The highest BCUT2D eigenvalue weighted by molar-refractivity contribution is 5.82.